The molecule has 1 aromatic carbocycles. The Bertz CT molecular complexity index is 1050. The number of nitrogens with one attached hydrogen (secondary N) is 2. The summed E-state index contributed by atoms with van der Waals surface area (Å²) in [5.41, 5.74) is 0. The zero-order valence-electron chi connectivity index (χ0n) is 20.4. The molecule has 13 heteroatoms. The fourth-order valence-corrected chi connectivity index (χ4v) is 5.36. The summed E-state index contributed by atoms with van der Waals surface area (Å²) < 4.78 is 36.0. The van der Waals surface area contributed by atoms with Crippen molar-refractivity contribution in [1.29, 1.82) is 0 Å². The van der Waals surface area contributed by atoms with Gasteiger partial charge in [-0.25, -0.2) is 4.57 Å². The number of ether oxygens (including phenoxy) is 2. The third-order valence-electron chi connectivity index (χ3n) is 5.37. The molecule has 3 rings (SSSR count). The monoisotopic (exact) mass is 543 g/mol. The normalized spacial score (nSPS) is 28.5. The highest BCUT2D eigenvalue weighted by Crippen LogP contribution is 2.47. The molecular formula is C23H31ClN3O8P. The Morgan fingerprint density at radius 3 is 2.64 bits per heavy atom. The number of rotatable bonds is 10. The van der Waals surface area contributed by atoms with Gasteiger partial charge >= 0.3 is 13.7 Å². The van der Waals surface area contributed by atoms with Crippen molar-refractivity contribution >= 4 is 31.2 Å². The van der Waals surface area contributed by atoms with Crippen molar-refractivity contribution < 1.29 is 37.8 Å². The molecule has 0 radical (unpaired) electrons. The van der Waals surface area contributed by atoms with Crippen LogP contribution in [0.3, 0.4) is 0 Å². The Hall–Kier alpha value is -2.40. The number of para-hydroxylation sites is 1. The maximum absolute atomic E-state index is 13.7. The van der Waals surface area contributed by atoms with Gasteiger partial charge in [-0.1, -0.05) is 24.8 Å². The summed E-state index contributed by atoms with van der Waals surface area (Å²) in [7, 11) is -4.17. The van der Waals surface area contributed by atoms with Crippen LogP contribution in [0.1, 0.15) is 27.7 Å². The van der Waals surface area contributed by atoms with Crippen molar-refractivity contribution in [2.45, 2.75) is 63.2 Å². The van der Waals surface area contributed by atoms with Gasteiger partial charge in [0.15, 0.2) is 6.23 Å². The topological polar surface area (TPSA) is 136 Å². The van der Waals surface area contributed by atoms with Gasteiger partial charge in [0.05, 0.1) is 12.7 Å². The van der Waals surface area contributed by atoms with Gasteiger partial charge in [-0.3, -0.25) is 14.1 Å². The molecule has 198 valence electrons. The number of carbonyl (C=O) groups excluding carboxylic acids is 2. The SMILES string of the molecule is C=C1NC(=O)C=CN1[C@@H]1OC(COP(=O)(N[C@H](C)C(=O)OC(C)C)Oc2ccccc2)[C@@H](O)[C@@]1(C)Cl. The molecule has 1 fully saturated rings. The van der Waals surface area contributed by atoms with E-state index in [-0.39, 0.29) is 23.6 Å². The lowest BCUT2D eigenvalue weighted by Crippen LogP contribution is -2.50. The predicted octanol–water partition coefficient (Wildman–Crippen LogP) is 2.62. The largest absolute Gasteiger partial charge is 0.462 e. The lowest BCUT2D eigenvalue weighted by atomic mass is 10.0. The van der Waals surface area contributed by atoms with E-state index in [9.17, 15) is 19.3 Å². The fourth-order valence-electron chi connectivity index (χ4n) is 3.56. The van der Waals surface area contributed by atoms with Crippen LogP contribution >= 0.6 is 19.3 Å². The maximum atomic E-state index is 13.7. The number of alkyl halides is 1. The number of aliphatic hydroxyl groups is 1. The van der Waals surface area contributed by atoms with Gasteiger partial charge in [-0.2, -0.15) is 5.09 Å². The number of esters is 1. The van der Waals surface area contributed by atoms with Crippen molar-refractivity contribution in [2.75, 3.05) is 6.61 Å². The zero-order chi connectivity index (χ0) is 26.7. The van der Waals surface area contributed by atoms with E-state index in [1.165, 1.54) is 24.1 Å². The molecule has 1 amide bonds. The Kier molecular flexibility index (Phi) is 8.87. The lowest BCUT2D eigenvalue weighted by Gasteiger charge is -2.36. The van der Waals surface area contributed by atoms with Crippen LogP contribution in [-0.4, -0.2) is 63.9 Å². The summed E-state index contributed by atoms with van der Waals surface area (Å²) in [6.45, 7) is 9.78. The van der Waals surface area contributed by atoms with Crippen molar-refractivity contribution in [3.8, 4) is 5.75 Å². The summed E-state index contributed by atoms with van der Waals surface area (Å²) in [6, 6.07) is 7.23. The molecule has 36 heavy (non-hydrogen) atoms. The molecule has 0 bridgehead atoms. The molecule has 2 aliphatic rings. The van der Waals surface area contributed by atoms with Gasteiger partial charge in [0.1, 0.15) is 34.7 Å². The second-order valence-corrected chi connectivity index (χ2v) is 11.3. The quantitative estimate of drug-likeness (QED) is 0.229. The first-order valence-corrected chi connectivity index (χ1v) is 13.2. The summed E-state index contributed by atoms with van der Waals surface area (Å²) in [4.78, 5) is 24.0. The van der Waals surface area contributed by atoms with Crippen LogP contribution in [0.25, 0.3) is 0 Å². The summed E-state index contributed by atoms with van der Waals surface area (Å²) >= 11 is 6.63. The number of benzene rings is 1. The molecule has 2 unspecified atom stereocenters. The van der Waals surface area contributed by atoms with E-state index in [0.717, 1.165) is 0 Å². The van der Waals surface area contributed by atoms with E-state index in [2.05, 4.69) is 17.0 Å². The van der Waals surface area contributed by atoms with E-state index in [1.807, 2.05) is 0 Å². The molecule has 6 atom stereocenters. The standard InChI is InChI=1S/C23H31ClN3O8P/c1-14(2)33-21(30)15(3)26-36(31,35-17-9-7-6-8-10-17)32-13-18-20(29)23(5,24)22(34-18)27-12-11-19(28)25-16(27)4/h6-12,14-15,18,20,22,29H,4,13H2,1-3,5H3,(H,25,28)(H,26,31)/t15-,18?,20-,22-,23-,36?/m1/s1. The Morgan fingerprint density at radius 1 is 1.36 bits per heavy atom. The van der Waals surface area contributed by atoms with E-state index in [1.54, 1.807) is 51.1 Å². The average Bonchev–Trinajstić information content (AvgIpc) is 3.01. The molecule has 0 aliphatic carbocycles. The van der Waals surface area contributed by atoms with Crippen LogP contribution in [0.4, 0.5) is 0 Å². The van der Waals surface area contributed by atoms with Gasteiger partial charge in [0, 0.05) is 12.3 Å². The number of hydrogen-bond acceptors (Lipinski definition) is 9. The second kappa shape index (κ2) is 11.3. The van der Waals surface area contributed by atoms with E-state index >= 15 is 0 Å². The minimum atomic E-state index is -4.17. The van der Waals surface area contributed by atoms with E-state index in [4.69, 9.17) is 30.1 Å². The minimum Gasteiger partial charge on any atom is -0.462 e. The molecule has 0 aromatic heterocycles. The highest BCUT2D eigenvalue weighted by molar-refractivity contribution is 7.52. The average molecular weight is 544 g/mol. The van der Waals surface area contributed by atoms with Crippen LogP contribution in [0.5, 0.6) is 5.75 Å². The third kappa shape index (κ3) is 6.67. The van der Waals surface area contributed by atoms with Crippen LogP contribution in [0, 0.1) is 0 Å². The van der Waals surface area contributed by atoms with Gasteiger partial charge in [0.2, 0.25) is 0 Å². The van der Waals surface area contributed by atoms with Crippen LogP contribution in [0.15, 0.2) is 55.0 Å². The molecule has 11 nitrogen and oxygen atoms in total. The molecule has 0 saturated carbocycles. The first kappa shape index (κ1) is 28.2. The number of carbonyl (C=O) groups is 2. The number of halogens is 1. The van der Waals surface area contributed by atoms with Gasteiger partial charge in [-0.15, -0.1) is 11.6 Å². The van der Waals surface area contributed by atoms with E-state index in [0.29, 0.717) is 0 Å². The number of hydrogen-bond donors (Lipinski definition) is 3. The molecule has 2 heterocycles. The smallest absolute Gasteiger partial charge is 0.459 e. The van der Waals surface area contributed by atoms with Gasteiger partial charge in [-0.05, 0) is 39.8 Å². The molecular weight excluding hydrogens is 513 g/mol. The number of nitrogens with zero attached hydrogens (tertiary/aromatic N) is 1. The lowest BCUT2D eigenvalue weighted by molar-refractivity contribution is -0.149. The summed E-state index contributed by atoms with van der Waals surface area (Å²) in [5, 5.41) is 16.0. The zero-order valence-corrected chi connectivity index (χ0v) is 22.1. The molecule has 1 aromatic rings. The molecule has 1 saturated heterocycles. The molecule has 3 N–H and O–H groups in total. The van der Waals surface area contributed by atoms with Gasteiger partial charge < -0.3 is 29.3 Å². The van der Waals surface area contributed by atoms with Crippen molar-refractivity contribution in [1.82, 2.24) is 15.3 Å². The Labute approximate surface area is 214 Å². The van der Waals surface area contributed by atoms with Crippen molar-refractivity contribution in [3.05, 3.63) is 55.0 Å². The predicted molar refractivity (Wildman–Crippen MR) is 132 cm³/mol. The maximum Gasteiger partial charge on any atom is 0.459 e. The Morgan fingerprint density at radius 2 is 2.03 bits per heavy atom. The Balaban J connectivity index is 1.76. The summed E-state index contributed by atoms with van der Waals surface area (Å²) in [6.07, 6.45) is -0.907. The van der Waals surface area contributed by atoms with Crippen LogP contribution in [0.2, 0.25) is 0 Å². The van der Waals surface area contributed by atoms with Crippen molar-refractivity contribution in [3.63, 3.8) is 0 Å². The number of aliphatic hydroxyl groups excluding tert-OH is 1. The second-order valence-electron chi connectivity index (χ2n) is 8.82. The minimum absolute atomic E-state index is 0.213. The van der Waals surface area contributed by atoms with E-state index < -0.39 is 49.7 Å². The van der Waals surface area contributed by atoms with Crippen molar-refractivity contribution in [2.24, 2.45) is 0 Å². The number of amides is 1. The molecule has 0 spiro atoms. The van der Waals surface area contributed by atoms with Gasteiger partial charge in [0.25, 0.3) is 5.91 Å². The van der Waals surface area contributed by atoms with Crippen LogP contribution in [-0.2, 0) is 28.2 Å². The fraction of sp³-hybridized carbons (Fsp3) is 0.478. The first-order valence-electron chi connectivity index (χ1n) is 11.3. The summed E-state index contributed by atoms with van der Waals surface area (Å²) in [5.74, 6) is -0.559. The highest BCUT2D eigenvalue weighted by Gasteiger charge is 2.55. The molecule has 2 aliphatic heterocycles. The third-order valence-corrected chi connectivity index (χ3v) is 7.42. The first-order chi connectivity index (χ1) is 16.8. The van der Waals surface area contributed by atoms with Crippen LogP contribution < -0.4 is 14.9 Å². The highest BCUT2D eigenvalue weighted by atomic mass is 35.5.